The van der Waals surface area contributed by atoms with Crippen LogP contribution in [0.1, 0.15) is 24.5 Å². The van der Waals surface area contributed by atoms with Crippen molar-refractivity contribution in [2.45, 2.75) is 13.3 Å². The summed E-state index contributed by atoms with van der Waals surface area (Å²) in [6, 6.07) is 13.6. The fourth-order valence-corrected chi connectivity index (χ4v) is 2.87. The van der Waals surface area contributed by atoms with Gasteiger partial charge in [-0.15, -0.1) is 0 Å². The highest BCUT2D eigenvalue weighted by molar-refractivity contribution is 7.80. The molecule has 1 aliphatic heterocycles. The maximum absolute atomic E-state index is 13.4. The summed E-state index contributed by atoms with van der Waals surface area (Å²) in [4.78, 5) is 0.406. The fourth-order valence-electron chi connectivity index (χ4n) is 2.63. The van der Waals surface area contributed by atoms with Crippen LogP contribution in [0.15, 0.2) is 53.6 Å². The van der Waals surface area contributed by atoms with Crippen LogP contribution in [0, 0.1) is 17.6 Å². The molecule has 2 aromatic rings. The third kappa shape index (κ3) is 3.45. The second-order valence-corrected chi connectivity index (χ2v) is 6.12. The lowest BCUT2D eigenvalue weighted by Gasteiger charge is -2.30. The molecule has 0 fully saturated rings. The lowest BCUT2D eigenvalue weighted by atomic mass is 9.97. The van der Waals surface area contributed by atoms with E-state index < -0.39 is 11.6 Å². The summed E-state index contributed by atoms with van der Waals surface area (Å²) in [6.07, 6.45) is 0.862. The molecule has 1 atom stereocenters. The van der Waals surface area contributed by atoms with Crippen LogP contribution in [-0.2, 0) is 0 Å². The van der Waals surface area contributed by atoms with Crippen molar-refractivity contribution in [3.8, 4) is 0 Å². The van der Waals surface area contributed by atoms with Gasteiger partial charge in [-0.3, -0.25) is 5.01 Å². The van der Waals surface area contributed by atoms with Gasteiger partial charge < -0.3 is 0 Å². The van der Waals surface area contributed by atoms with Gasteiger partial charge in [-0.1, -0.05) is 49.5 Å². The summed E-state index contributed by atoms with van der Waals surface area (Å²) in [5, 5.41) is 6.33. The minimum Gasteiger partial charge on any atom is -0.253 e. The van der Waals surface area contributed by atoms with E-state index in [1.54, 1.807) is 5.01 Å². The molecule has 3 rings (SSSR count). The van der Waals surface area contributed by atoms with Gasteiger partial charge in [0, 0.05) is 12.1 Å². The number of thiocarbonyl (C=S) groups is 1. The maximum Gasteiger partial charge on any atom is 0.159 e. The summed E-state index contributed by atoms with van der Waals surface area (Å²) in [6.45, 7) is 2.78. The van der Waals surface area contributed by atoms with Crippen molar-refractivity contribution in [3.63, 3.8) is 0 Å². The molecule has 0 radical (unpaired) electrons. The highest BCUT2D eigenvalue weighted by Gasteiger charge is 2.23. The molecule has 0 saturated carbocycles. The van der Waals surface area contributed by atoms with Crippen LogP contribution < -0.4 is 0 Å². The van der Waals surface area contributed by atoms with Gasteiger partial charge in [0.2, 0.25) is 0 Å². The Hall–Kier alpha value is -2.14. The van der Waals surface area contributed by atoms with E-state index in [4.69, 9.17) is 12.2 Å². The Morgan fingerprint density at radius 2 is 1.87 bits per heavy atom. The van der Waals surface area contributed by atoms with E-state index in [2.05, 4.69) is 12.0 Å². The highest BCUT2D eigenvalue weighted by Crippen LogP contribution is 2.21. The van der Waals surface area contributed by atoms with Crippen molar-refractivity contribution in [2.75, 3.05) is 6.54 Å². The van der Waals surface area contributed by atoms with E-state index in [0.29, 0.717) is 23.0 Å². The largest absolute Gasteiger partial charge is 0.253 e. The van der Waals surface area contributed by atoms with E-state index in [1.807, 2.05) is 30.3 Å². The molecule has 2 aromatic carbocycles. The summed E-state index contributed by atoms with van der Waals surface area (Å²) in [5.74, 6) is -1.41. The average Bonchev–Trinajstić information content (AvgIpc) is 2.57. The van der Waals surface area contributed by atoms with Crippen LogP contribution in [0.3, 0.4) is 0 Å². The average molecular weight is 330 g/mol. The molecule has 0 amide bonds. The number of hydrazone groups is 1. The van der Waals surface area contributed by atoms with Gasteiger partial charge in [0.25, 0.3) is 0 Å². The minimum atomic E-state index is -0.901. The molecule has 0 bridgehead atoms. The molecule has 0 spiro atoms. The van der Waals surface area contributed by atoms with Crippen molar-refractivity contribution in [3.05, 3.63) is 71.3 Å². The molecule has 23 heavy (non-hydrogen) atoms. The Bertz CT molecular complexity index is 759. The number of nitrogens with zero attached hydrogens (tertiary/aromatic N) is 2. The number of halogens is 2. The number of hydrogen-bond donors (Lipinski definition) is 0. The molecule has 1 heterocycles. The molecule has 2 nitrogen and oxygen atoms in total. The quantitative estimate of drug-likeness (QED) is 0.759. The first kappa shape index (κ1) is 15.7. The van der Waals surface area contributed by atoms with Crippen LogP contribution in [-0.4, -0.2) is 22.3 Å². The van der Waals surface area contributed by atoms with Gasteiger partial charge in [-0.25, -0.2) is 8.78 Å². The van der Waals surface area contributed by atoms with Gasteiger partial charge >= 0.3 is 0 Å². The summed E-state index contributed by atoms with van der Waals surface area (Å²) in [5.41, 5.74) is 2.47. The normalized spacial score (nSPS) is 17.8. The van der Waals surface area contributed by atoms with E-state index in [0.717, 1.165) is 29.8 Å². The smallest absolute Gasteiger partial charge is 0.159 e. The monoisotopic (exact) mass is 330 g/mol. The third-order valence-electron chi connectivity index (χ3n) is 3.78. The van der Waals surface area contributed by atoms with Crippen molar-refractivity contribution in [1.82, 2.24) is 5.01 Å². The van der Waals surface area contributed by atoms with Crippen LogP contribution in [0.25, 0.3) is 0 Å². The molecule has 0 unspecified atom stereocenters. The number of hydrogen-bond acceptors (Lipinski definition) is 2. The summed E-state index contributed by atoms with van der Waals surface area (Å²) < 4.78 is 26.5. The molecular weight excluding hydrogens is 314 g/mol. The number of benzene rings is 2. The highest BCUT2D eigenvalue weighted by atomic mass is 32.1. The van der Waals surface area contributed by atoms with Crippen molar-refractivity contribution in [2.24, 2.45) is 11.0 Å². The van der Waals surface area contributed by atoms with E-state index >= 15 is 0 Å². The number of rotatable bonds is 2. The topological polar surface area (TPSA) is 15.6 Å². The Balaban J connectivity index is 1.91. The van der Waals surface area contributed by atoms with Crippen molar-refractivity contribution in [1.29, 1.82) is 0 Å². The van der Waals surface area contributed by atoms with Crippen LogP contribution >= 0.6 is 12.2 Å². The van der Waals surface area contributed by atoms with Crippen molar-refractivity contribution >= 4 is 22.9 Å². The van der Waals surface area contributed by atoms with Gasteiger partial charge in [-0.2, -0.15) is 5.10 Å². The Labute approximate surface area is 139 Å². The molecule has 1 aliphatic rings. The van der Waals surface area contributed by atoms with E-state index in [1.165, 1.54) is 6.07 Å². The molecule has 0 aromatic heterocycles. The van der Waals surface area contributed by atoms with Gasteiger partial charge in [0.05, 0.1) is 5.71 Å². The molecule has 0 saturated heterocycles. The molecular formula is C18H16F2N2S. The summed E-state index contributed by atoms with van der Waals surface area (Å²) >= 11 is 5.43. The molecule has 0 aliphatic carbocycles. The maximum atomic E-state index is 13.4. The van der Waals surface area contributed by atoms with Gasteiger partial charge in [0.1, 0.15) is 4.99 Å². The van der Waals surface area contributed by atoms with Crippen LogP contribution in [0.2, 0.25) is 0 Å². The van der Waals surface area contributed by atoms with Gasteiger partial charge in [-0.05, 0) is 36.1 Å². The first-order valence-corrected chi connectivity index (χ1v) is 7.85. The lowest BCUT2D eigenvalue weighted by molar-refractivity contribution is 0.354. The fraction of sp³-hybridized carbons (Fsp3) is 0.222. The first-order valence-electron chi connectivity index (χ1n) is 7.44. The SMILES string of the molecule is C[C@@H]1CC(c2ccccc2)=NN(C(=S)c2ccc(F)c(F)c2)C1. The zero-order chi connectivity index (χ0) is 16.4. The van der Waals surface area contributed by atoms with E-state index in [9.17, 15) is 8.78 Å². The minimum absolute atomic E-state index is 0.367. The lowest BCUT2D eigenvalue weighted by Crippen LogP contribution is -2.35. The zero-order valence-electron chi connectivity index (χ0n) is 12.7. The predicted molar refractivity (Wildman–Crippen MR) is 91.5 cm³/mol. The Kier molecular flexibility index (Phi) is 4.48. The molecule has 5 heteroatoms. The van der Waals surface area contributed by atoms with Crippen LogP contribution in [0.5, 0.6) is 0 Å². The summed E-state index contributed by atoms with van der Waals surface area (Å²) in [7, 11) is 0. The van der Waals surface area contributed by atoms with Gasteiger partial charge in [0.15, 0.2) is 11.6 Å². The van der Waals surface area contributed by atoms with E-state index in [-0.39, 0.29) is 0 Å². The van der Waals surface area contributed by atoms with Crippen LogP contribution in [0.4, 0.5) is 8.78 Å². The predicted octanol–water partition coefficient (Wildman–Crippen LogP) is 4.39. The molecule has 118 valence electrons. The zero-order valence-corrected chi connectivity index (χ0v) is 13.5. The Morgan fingerprint density at radius 3 is 2.57 bits per heavy atom. The first-order chi connectivity index (χ1) is 11.0. The second kappa shape index (κ2) is 6.54. The standard InChI is InChI=1S/C18H16F2N2S/c1-12-9-17(13-5-3-2-4-6-13)21-22(11-12)18(23)14-7-8-15(19)16(20)10-14/h2-8,10,12H,9,11H2,1H3/t12-/m1/s1. The Morgan fingerprint density at radius 1 is 1.13 bits per heavy atom. The molecule has 0 N–H and O–H groups in total. The van der Waals surface area contributed by atoms with Crippen molar-refractivity contribution < 1.29 is 8.78 Å². The third-order valence-corrected chi connectivity index (χ3v) is 4.22. The second-order valence-electron chi connectivity index (χ2n) is 5.74.